The lowest BCUT2D eigenvalue weighted by Gasteiger charge is -2.30. The highest BCUT2D eigenvalue weighted by atomic mass is 16.5. The second-order valence-corrected chi connectivity index (χ2v) is 12.4. The number of hydrogen-bond acceptors (Lipinski definition) is 13. The van der Waals surface area contributed by atoms with Crippen LogP contribution in [0.15, 0.2) is 34.9 Å². The topological polar surface area (TPSA) is 273 Å². The first kappa shape index (κ1) is 44.8. The molecule has 18 nitrogen and oxygen atoms in total. The zero-order valence-electron chi connectivity index (χ0n) is 29.6. The van der Waals surface area contributed by atoms with Crippen LogP contribution in [0.3, 0.4) is 0 Å². The van der Waals surface area contributed by atoms with E-state index >= 15 is 0 Å². The summed E-state index contributed by atoms with van der Waals surface area (Å²) < 4.78 is 5.14. The van der Waals surface area contributed by atoms with Crippen LogP contribution in [0.25, 0.3) is 0 Å². The minimum Gasteiger partial charge on any atom is -0.464 e. The van der Waals surface area contributed by atoms with E-state index in [-0.39, 0.29) is 84.4 Å². The first-order chi connectivity index (χ1) is 24.1. The molecule has 3 unspecified atom stereocenters. The third-order valence-corrected chi connectivity index (χ3v) is 7.81. The Labute approximate surface area is 297 Å². The molecule has 0 bridgehead atoms. The molecule has 5 amide bonds. The zero-order valence-corrected chi connectivity index (χ0v) is 29.6. The van der Waals surface area contributed by atoms with Crippen molar-refractivity contribution < 1.29 is 59.3 Å². The molecule has 1 fully saturated rings. The minimum absolute atomic E-state index is 0.0594. The van der Waals surface area contributed by atoms with Gasteiger partial charge in [-0.2, -0.15) is 0 Å². The summed E-state index contributed by atoms with van der Waals surface area (Å²) in [5.41, 5.74) is 7.55. The van der Waals surface area contributed by atoms with E-state index in [9.17, 15) is 44.4 Å². The highest BCUT2D eigenvalue weighted by Gasteiger charge is 2.33. The summed E-state index contributed by atoms with van der Waals surface area (Å²) in [5.74, 6) is -3.60. The Morgan fingerprint density at radius 3 is 1.47 bits per heavy atom. The summed E-state index contributed by atoms with van der Waals surface area (Å²) >= 11 is 0. The van der Waals surface area contributed by atoms with Crippen LogP contribution in [0.1, 0.15) is 78.6 Å². The summed E-state index contributed by atoms with van der Waals surface area (Å²) in [6.07, 6.45) is 5.45. The lowest BCUT2D eigenvalue weighted by molar-refractivity contribution is -0.160. The van der Waals surface area contributed by atoms with Gasteiger partial charge in [0.2, 0.25) is 11.8 Å². The molecule has 0 aliphatic carbocycles. The Balaban J connectivity index is 2.35. The Morgan fingerprint density at radius 1 is 0.706 bits per heavy atom. The summed E-state index contributed by atoms with van der Waals surface area (Å²) in [7, 11) is 0. The molecule has 1 aliphatic rings. The zero-order chi connectivity index (χ0) is 38.5. The first-order valence-electron chi connectivity index (χ1n) is 16.9. The number of carbonyl (C=O) groups excluding carboxylic acids is 6. The number of hydroxylamine groups is 6. The molecule has 0 radical (unpaired) electrons. The Bertz CT molecular complexity index is 1290. The van der Waals surface area contributed by atoms with E-state index in [2.05, 4.69) is 10.6 Å². The van der Waals surface area contributed by atoms with Gasteiger partial charge in [0.15, 0.2) is 0 Å². The van der Waals surface area contributed by atoms with Gasteiger partial charge in [0.25, 0.3) is 17.7 Å². The van der Waals surface area contributed by atoms with E-state index in [1.165, 1.54) is 18.2 Å². The average molecular weight is 727 g/mol. The van der Waals surface area contributed by atoms with Crippen molar-refractivity contribution in [1.29, 1.82) is 0 Å². The number of nitrogens with two attached hydrogens (primary N) is 1. The maximum Gasteiger partial charge on any atom is 0.322 e. The molecule has 1 saturated heterocycles. The highest BCUT2D eigenvalue weighted by Crippen LogP contribution is 2.11. The molecule has 9 N–H and O–H groups in total. The maximum absolute atomic E-state index is 12.5. The van der Waals surface area contributed by atoms with Gasteiger partial charge in [0.05, 0.1) is 6.61 Å². The number of nitrogens with zero attached hydrogens (tertiary/aromatic N) is 3. The van der Waals surface area contributed by atoms with Crippen LogP contribution >= 0.6 is 0 Å². The van der Waals surface area contributed by atoms with Gasteiger partial charge < -0.3 is 31.3 Å². The normalized spacial score (nSPS) is 17.3. The molecule has 0 aromatic heterocycles. The molecule has 18 heteroatoms. The third-order valence-electron chi connectivity index (χ3n) is 7.81. The predicted molar refractivity (Wildman–Crippen MR) is 180 cm³/mol. The van der Waals surface area contributed by atoms with Crippen LogP contribution in [0, 0.1) is 0 Å². The van der Waals surface area contributed by atoms with Gasteiger partial charge in [-0.05, 0) is 72.1 Å². The molecule has 51 heavy (non-hydrogen) atoms. The third kappa shape index (κ3) is 18.0. The number of nitrogens with one attached hydrogen (secondary N) is 2. The highest BCUT2D eigenvalue weighted by molar-refractivity contribution is 5.97. The van der Waals surface area contributed by atoms with E-state index < -0.39 is 53.6 Å². The second-order valence-electron chi connectivity index (χ2n) is 12.4. The number of esters is 1. The van der Waals surface area contributed by atoms with Gasteiger partial charge in [-0.15, -0.1) is 0 Å². The number of aliphatic hydroxyl groups is 2. The fraction of sp³-hybridized carbons (Fsp3) is 0.636. The summed E-state index contributed by atoms with van der Waals surface area (Å²) in [6.45, 7) is 4.32. The number of carbonyl (C=O) groups is 6. The van der Waals surface area contributed by atoms with Crippen molar-refractivity contribution in [3.8, 4) is 0 Å². The molecular formula is C33H54N6O12. The van der Waals surface area contributed by atoms with Gasteiger partial charge in [-0.3, -0.25) is 44.4 Å². The lowest BCUT2D eigenvalue weighted by atomic mass is 10.0. The van der Waals surface area contributed by atoms with Gasteiger partial charge in [0.1, 0.15) is 18.1 Å². The van der Waals surface area contributed by atoms with E-state index in [1.54, 1.807) is 20.8 Å². The Hall–Kier alpha value is -4.20. The summed E-state index contributed by atoms with van der Waals surface area (Å²) in [5, 5.41) is 54.4. The molecule has 0 aromatic carbocycles. The van der Waals surface area contributed by atoms with Crippen LogP contribution in [-0.2, 0) is 33.5 Å². The van der Waals surface area contributed by atoms with Crippen LogP contribution in [0.4, 0.5) is 0 Å². The van der Waals surface area contributed by atoms with Gasteiger partial charge in [-0.25, -0.2) is 15.2 Å². The molecule has 0 spiro atoms. The SMILES string of the molecule is CC(=CC(=O)N(O)CCCC(N)C(=O)OCCC(C)=CC(=O)N(O)CCCC1NC(=O)C(CCCN(O)C(=O)C=C(C)CCO)NC1=O)CCO. The number of rotatable bonds is 23. The summed E-state index contributed by atoms with van der Waals surface area (Å²) in [6, 6.07) is -2.72. The minimum atomic E-state index is -0.995. The Morgan fingerprint density at radius 2 is 1.08 bits per heavy atom. The molecule has 0 saturated carbocycles. The van der Waals surface area contributed by atoms with Crippen LogP contribution < -0.4 is 16.4 Å². The molecule has 1 heterocycles. The number of ether oxygens (including phenoxy) is 1. The fourth-order valence-electron chi connectivity index (χ4n) is 4.73. The monoisotopic (exact) mass is 726 g/mol. The van der Waals surface area contributed by atoms with E-state index in [0.717, 1.165) is 0 Å². The number of amides is 5. The largest absolute Gasteiger partial charge is 0.464 e. The number of aliphatic hydroxyl groups excluding tert-OH is 2. The number of piperazine rings is 1. The van der Waals surface area contributed by atoms with Crippen LogP contribution in [0.5, 0.6) is 0 Å². The van der Waals surface area contributed by atoms with Gasteiger partial charge in [-0.1, -0.05) is 16.7 Å². The Kier molecular flexibility index (Phi) is 21.2. The van der Waals surface area contributed by atoms with Crippen LogP contribution in [0.2, 0.25) is 0 Å². The van der Waals surface area contributed by atoms with Crippen LogP contribution in [-0.4, -0.2) is 134 Å². The van der Waals surface area contributed by atoms with Crippen molar-refractivity contribution in [2.24, 2.45) is 5.73 Å². The molecule has 1 rings (SSSR count). The maximum atomic E-state index is 12.5. The fourth-order valence-corrected chi connectivity index (χ4v) is 4.73. The smallest absolute Gasteiger partial charge is 0.322 e. The van der Waals surface area contributed by atoms with Crippen molar-refractivity contribution in [3.63, 3.8) is 0 Å². The van der Waals surface area contributed by atoms with Crippen molar-refractivity contribution in [1.82, 2.24) is 25.8 Å². The van der Waals surface area contributed by atoms with Gasteiger partial charge >= 0.3 is 5.97 Å². The molecule has 1 aliphatic heterocycles. The van der Waals surface area contributed by atoms with E-state index in [4.69, 9.17) is 20.7 Å². The average Bonchev–Trinajstić information content (AvgIpc) is 3.06. The van der Waals surface area contributed by atoms with Crippen molar-refractivity contribution in [2.75, 3.05) is 39.5 Å². The van der Waals surface area contributed by atoms with Crippen molar-refractivity contribution in [3.05, 3.63) is 34.9 Å². The number of hydrogen-bond donors (Lipinski definition) is 8. The first-order valence-corrected chi connectivity index (χ1v) is 16.9. The van der Waals surface area contributed by atoms with E-state index in [0.29, 0.717) is 44.8 Å². The molecular weight excluding hydrogens is 672 g/mol. The molecule has 0 aromatic rings. The van der Waals surface area contributed by atoms with Crippen molar-refractivity contribution in [2.45, 2.75) is 96.7 Å². The quantitative estimate of drug-likeness (QED) is 0.0294. The van der Waals surface area contributed by atoms with E-state index in [1.807, 2.05) is 0 Å². The summed E-state index contributed by atoms with van der Waals surface area (Å²) in [4.78, 5) is 73.5. The lowest BCUT2D eigenvalue weighted by Crippen LogP contribution is -2.61. The predicted octanol–water partition coefficient (Wildman–Crippen LogP) is -0.172. The standard InChI is InChI=1S/C33H54N6O12/c1-22(10-16-40)19-28(42)37(48)13-4-7-25(34)33(47)51-18-12-24(3)21-30(44)39(50)15-6-9-27-32(46)35-26(31(45)36-27)8-5-14-38(49)29(43)20-23(2)11-17-41/h19-21,25-27,40-41,48-50H,4-18,34H2,1-3H3,(H,35,46)(H,36,45). The van der Waals surface area contributed by atoms with Gasteiger partial charge in [0, 0.05) is 57.5 Å². The molecule has 3 atom stereocenters. The van der Waals surface area contributed by atoms with Crippen molar-refractivity contribution >= 4 is 35.5 Å². The molecule has 288 valence electrons. The second kappa shape index (κ2) is 24.1.